The number of rotatable bonds is 2. The second-order valence-electron chi connectivity index (χ2n) is 2.63. The van der Waals surface area contributed by atoms with Gasteiger partial charge < -0.3 is 11.1 Å². The van der Waals surface area contributed by atoms with Gasteiger partial charge in [-0.25, -0.2) is 0 Å². The fourth-order valence-corrected chi connectivity index (χ4v) is 1.40. The lowest BCUT2D eigenvalue weighted by Gasteiger charge is -2.06. The average Bonchev–Trinajstić information content (AvgIpc) is 2.09. The van der Waals surface area contributed by atoms with Crippen LogP contribution in [0.25, 0.3) is 0 Å². The lowest BCUT2D eigenvalue weighted by Crippen LogP contribution is -2.11. The maximum atomic E-state index is 11.0. The van der Waals surface area contributed by atoms with E-state index in [2.05, 4.69) is 27.9 Å². The highest BCUT2D eigenvalue weighted by atomic mass is 127. The fourth-order valence-electron chi connectivity index (χ4n) is 0.886. The Labute approximate surface area is 90.8 Å². The molecule has 0 fully saturated rings. The van der Waals surface area contributed by atoms with Crippen LogP contribution in [0.2, 0.25) is 0 Å². The van der Waals surface area contributed by atoms with Crippen LogP contribution in [0.15, 0.2) is 18.2 Å². The van der Waals surface area contributed by atoms with Gasteiger partial charge in [0.2, 0.25) is 5.91 Å². The van der Waals surface area contributed by atoms with Gasteiger partial charge in [0.25, 0.3) is 0 Å². The van der Waals surface area contributed by atoms with E-state index < -0.39 is 0 Å². The lowest BCUT2D eigenvalue weighted by molar-refractivity contribution is -0.115. The van der Waals surface area contributed by atoms with Gasteiger partial charge >= 0.3 is 0 Å². The van der Waals surface area contributed by atoms with Crippen LogP contribution in [0, 0.1) is 3.57 Å². The number of halogens is 1. The molecule has 0 aliphatic rings. The Morgan fingerprint density at radius 3 is 2.85 bits per heavy atom. The van der Waals surface area contributed by atoms with Gasteiger partial charge in [0.15, 0.2) is 0 Å². The van der Waals surface area contributed by atoms with Gasteiger partial charge in [-0.3, -0.25) is 4.79 Å². The first-order valence-electron chi connectivity index (χ1n) is 3.98. The van der Waals surface area contributed by atoms with Crippen molar-refractivity contribution in [2.45, 2.75) is 13.3 Å². The van der Waals surface area contributed by atoms with Gasteiger partial charge in [-0.05, 0) is 40.8 Å². The Balaban J connectivity index is 2.83. The Morgan fingerprint density at radius 1 is 1.62 bits per heavy atom. The molecule has 0 radical (unpaired) electrons. The number of anilines is 2. The number of nitrogen functional groups attached to an aromatic ring is 1. The van der Waals surface area contributed by atoms with Crippen LogP contribution in [0.3, 0.4) is 0 Å². The highest BCUT2D eigenvalue weighted by Gasteiger charge is 2.02. The predicted octanol–water partition coefficient (Wildman–Crippen LogP) is 2.22. The molecule has 0 unspecified atom stereocenters. The third-order valence-corrected chi connectivity index (χ3v) is 2.28. The minimum atomic E-state index is -0.0205. The average molecular weight is 290 g/mol. The van der Waals surface area contributed by atoms with E-state index in [0.29, 0.717) is 17.8 Å². The second kappa shape index (κ2) is 4.45. The minimum Gasteiger partial charge on any atom is -0.397 e. The Kier molecular flexibility index (Phi) is 3.53. The third kappa shape index (κ3) is 2.87. The van der Waals surface area contributed by atoms with Crippen LogP contribution in [0.5, 0.6) is 0 Å². The van der Waals surface area contributed by atoms with Crippen LogP contribution in [0.1, 0.15) is 13.3 Å². The van der Waals surface area contributed by atoms with E-state index in [0.717, 1.165) is 3.57 Å². The zero-order valence-electron chi connectivity index (χ0n) is 7.30. The molecule has 0 bridgehead atoms. The summed E-state index contributed by atoms with van der Waals surface area (Å²) in [5.74, 6) is -0.0205. The van der Waals surface area contributed by atoms with Crippen molar-refractivity contribution in [1.29, 1.82) is 0 Å². The van der Waals surface area contributed by atoms with Gasteiger partial charge in [0, 0.05) is 9.99 Å². The standard InChI is InChI=1S/C9H11IN2O/c1-2-9(13)12-8-4-3-6(10)5-7(8)11/h3-5H,2,11H2,1H3,(H,12,13). The first-order valence-corrected chi connectivity index (χ1v) is 5.06. The minimum absolute atomic E-state index is 0.0205. The van der Waals surface area contributed by atoms with Gasteiger partial charge in [0.1, 0.15) is 0 Å². The summed E-state index contributed by atoms with van der Waals surface area (Å²) in [4.78, 5) is 11.0. The largest absolute Gasteiger partial charge is 0.397 e. The van der Waals surface area contributed by atoms with Crippen LogP contribution < -0.4 is 11.1 Å². The highest BCUT2D eigenvalue weighted by Crippen LogP contribution is 2.20. The number of carbonyl (C=O) groups excluding carboxylic acids is 1. The quantitative estimate of drug-likeness (QED) is 0.648. The monoisotopic (exact) mass is 290 g/mol. The lowest BCUT2D eigenvalue weighted by atomic mass is 10.2. The number of carbonyl (C=O) groups is 1. The fraction of sp³-hybridized carbons (Fsp3) is 0.222. The molecular weight excluding hydrogens is 279 g/mol. The van der Waals surface area contributed by atoms with Crippen molar-refractivity contribution in [3.05, 3.63) is 21.8 Å². The molecule has 0 spiro atoms. The van der Waals surface area contributed by atoms with E-state index in [1.54, 1.807) is 6.92 Å². The van der Waals surface area contributed by atoms with E-state index in [1.807, 2.05) is 18.2 Å². The first-order chi connectivity index (χ1) is 6.13. The summed E-state index contributed by atoms with van der Waals surface area (Å²) < 4.78 is 1.06. The maximum Gasteiger partial charge on any atom is 0.224 e. The molecule has 1 amide bonds. The van der Waals surface area contributed by atoms with Gasteiger partial charge in [0.05, 0.1) is 11.4 Å². The number of nitrogens with one attached hydrogen (secondary N) is 1. The van der Waals surface area contributed by atoms with Crippen molar-refractivity contribution in [1.82, 2.24) is 0 Å². The van der Waals surface area contributed by atoms with E-state index in [4.69, 9.17) is 5.73 Å². The molecule has 0 aromatic heterocycles. The Morgan fingerprint density at radius 2 is 2.31 bits per heavy atom. The second-order valence-corrected chi connectivity index (χ2v) is 3.88. The summed E-state index contributed by atoms with van der Waals surface area (Å²) in [6, 6.07) is 5.54. The molecule has 13 heavy (non-hydrogen) atoms. The molecule has 0 saturated carbocycles. The zero-order chi connectivity index (χ0) is 9.84. The molecule has 4 heteroatoms. The van der Waals surface area contributed by atoms with Crippen molar-refractivity contribution < 1.29 is 4.79 Å². The van der Waals surface area contributed by atoms with Crippen molar-refractivity contribution in [3.63, 3.8) is 0 Å². The number of hydrogen-bond donors (Lipinski definition) is 2. The zero-order valence-corrected chi connectivity index (χ0v) is 9.46. The Hall–Kier alpha value is -0.780. The molecule has 70 valence electrons. The first kappa shape index (κ1) is 10.3. The highest BCUT2D eigenvalue weighted by molar-refractivity contribution is 14.1. The molecule has 1 aromatic rings. The van der Waals surface area contributed by atoms with E-state index >= 15 is 0 Å². The van der Waals surface area contributed by atoms with Gasteiger partial charge in [-0.2, -0.15) is 0 Å². The van der Waals surface area contributed by atoms with E-state index in [9.17, 15) is 4.79 Å². The third-order valence-electron chi connectivity index (χ3n) is 1.61. The van der Waals surface area contributed by atoms with Crippen LogP contribution in [-0.4, -0.2) is 5.91 Å². The molecule has 0 aliphatic heterocycles. The summed E-state index contributed by atoms with van der Waals surface area (Å²) in [6.45, 7) is 1.80. The molecule has 1 aromatic carbocycles. The molecule has 3 N–H and O–H groups in total. The van der Waals surface area contributed by atoms with Crippen LogP contribution in [-0.2, 0) is 4.79 Å². The topological polar surface area (TPSA) is 55.1 Å². The summed E-state index contributed by atoms with van der Waals surface area (Å²) in [5, 5.41) is 2.72. The number of hydrogen-bond acceptors (Lipinski definition) is 2. The Bertz CT molecular complexity index is 325. The SMILES string of the molecule is CCC(=O)Nc1ccc(I)cc1N. The summed E-state index contributed by atoms with van der Waals surface area (Å²) in [5.41, 5.74) is 7.00. The summed E-state index contributed by atoms with van der Waals surface area (Å²) in [7, 11) is 0. The summed E-state index contributed by atoms with van der Waals surface area (Å²) >= 11 is 2.17. The molecule has 3 nitrogen and oxygen atoms in total. The van der Waals surface area contributed by atoms with E-state index in [1.165, 1.54) is 0 Å². The van der Waals surface area contributed by atoms with E-state index in [-0.39, 0.29) is 5.91 Å². The van der Waals surface area contributed by atoms with Crippen molar-refractivity contribution in [3.8, 4) is 0 Å². The predicted molar refractivity (Wildman–Crippen MR) is 62.5 cm³/mol. The molecule has 0 atom stereocenters. The van der Waals surface area contributed by atoms with Crippen molar-refractivity contribution >= 4 is 39.9 Å². The molecule has 1 rings (SSSR count). The molecule has 0 heterocycles. The number of benzene rings is 1. The molecule has 0 aliphatic carbocycles. The normalized spacial score (nSPS) is 9.69. The number of nitrogens with two attached hydrogens (primary N) is 1. The summed E-state index contributed by atoms with van der Waals surface area (Å²) in [6.07, 6.45) is 0.464. The maximum absolute atomic E-state index is 11.0. The van der Waals surface area contributed by atoms with Crippen molar-refractivity contribution in [2.24, 2.45) is 0 Å². The smallest absolute Gasteiger partial charge is 0.224 e. The van der Waals surface area contributed by atoms with Gasteiger partial charge in [-0.15, -0.1) is 0 Å². The van der Waals surface area contributed by atoms with Crippen LogP contribution in [0.4, 0.5) is 11.4 Å². The molecule has 0 saturated heterocycles. The van der Waals surface area contributed by atoms with Crippen molar-refractivity contribution in [2.75, 3.05) is 11.1 Å². The molecular formula is C9H11IN2O. The van der Waals surface area contributed by atoms with Gasteiger partial charge in [-0.1, -0.05) is 6.92 Å². The van der Waals surface area contributed by atoms with Crippen LogP contribution >= 0.6 is 22.6 Å². The number of amides is 1.